The van der Waals surface area contributed by atoms with E-state index in [0.29, 0.717) is 26.4 Å². The van der Waals surface area contributed by atoms with Gasteiger partial charge in [0.05, 0.1) is 35.5 Å². The average Bonchev–Trinajstić information content (AvgIpc) is 2.74. The number of hydrogen-bond acceptors (Lipinski definition) is 8. The van der Waals surface area contributed by atoms with Crippen LogP contribution in [0.1, 0.15) is 45.7 Å². The number of aromatic hydroxyl groups is 2. The average molecular weight is 416 g/mol. The molecule has 0 unspecified atom stereocenters. The largest absolute Gasteiger partial charge is 0.507 e. The normalized spacial score (nSPS) is 12.5. The second-order valence-electron chi connectivity index (χ2n) is 6.41. The van der Waals surface area contributed by atoms with Crippen molar-refractivity contribution in [1.82, 2.24) is 0 Å². The topological polar surface area (TPSA) is 112 Å². The molecule has 0 saturated carbocycles. The van der Waals surface area contributed by atoms with Crippen molar-refractivity contribution < 1.29 is 38.7 Å². The van der Waals surface area contributed by atoms with Gasteiger partial charge in [0.15, 0.2) is 0 Å². The van der Waals surface area contributed by atoms with Crippen LogP contribution < -0.4 is 9.47 Å². The molecular weight excluding hydrogens is 392 g/mol. The zero-order valence-electron chi connectivity index (χ0n) is 16.9. The summed E-state index contributed by atoms with van der Waals surface area (Å²) in [5, 5.41) is 20.4. The van der Waals surface area contributed by atoms with Crippen LogP contribution in [-0.2, 0) is 9.47 Å². The third-order valence-corrected chi connectivity index (χ3v) is 4.58. The lowest BCUT2D eigenvalue weighted by molar-refractivity contribution is 0.0944. The standard InChI is InChI=1S/C22H24O8/c1-3-27-9-11-29-15-7-8-16(30-12-10-28-4-2)20-19(15)21(25)17-13(23)5-6-14(24)18(17)22(20)26/h5-8,23-24H,3-4,9-12H2,1-2H3. The molecule has 8 nitrogen and oxygen atoms in total. The number of ketones is 2. The number of benzene rings is 2. The molecule has 0 saturated heterocycles. The molecule has 8 heteroatoms. The maximum absolute atomic E-state index is 13.2. The smallest absolute Gasteiger partial charge is 0.202 e. The Morgan fingerprint density at radius 2 is 1.03 bits per heavy atom. The lowest BCUT2D eigenvalue weighted by atomic mass is 9.82. The molecule has 0 aromatic heterocycles. The van der Waals surface area contributed by atoms with Crippen LogP contribution in [0, 0.1) is 0 Å². The third kappa shape index (κ3) is 4.10. The van der Waals surface area contributed by atoms with Gasteiger partial charge in [-0.1, -0.05) is 0 Å². The summed E-state index contributed by atoms with van der Waals surface area (Å²) in [6.45, 7) is 5.70. The molecule has 0 spiro atoms. The number of ether oxygens (including phenoxy) is 4. The minimum atomic E-state index is -0.630. The Morgan fingerprint density at radius 1 is 0.633 bits per heavy atom. The molecular formula is C22H24O8. The highest BCUT2D eigenvalue weighted by Crippen LogP contribution is 2.43. The Hall–Kier alpha value is -3.10. The summed E-state index contributed by atoms with van der Waals surface area (Å²) in [6, 6.07) is 5.42. The highest BCUT2D eigenvalue weighted by Gasteiger charge is 2.39. The maximum atomic E-state index is 13.2. The van der Waals surface area contributed by atoms with Gasteiger partial charge in [-0.05, 0) is 38.1 Å². The molecule has 0 heterocycles. The van der Waals surface area contributed by atoms with Gasteiger partial charge in [0.25, 0.3) is 0 Å². The molecule has 1 aliphatic rings. The maximum Gasteiger partial charge on any atom is 0.202 e. The van der Waals surface area contributed by atoms with Crippen molar-refractivity contribution in [3.63, 3.8) is 0 Å². The number of phenols is 2. The van der Waals surface area contributed by atoms with E-state index in [1.165, 1.54) is 24.3 Å². The molecule has 0 aliphatic heterocycles. The second kappa shape index (κ2) is 9.60. The van der Waals surface area contributed by atoms with Crippen LogP contribution in [0.5, 0.6) is 23.0 Å². The fraction of sp³-hybridized carbons (Fsp3) is 0.364. The SMILES string of the molecule is CCOCCOc1ccc(OCCOCC)c2c1C(=O)c1c(O)ccc(O)c1C2=O. The van der Waals surface area contributed by atoms with E-state index in [0.717, 1.165) is 0 Å². The van der Waals surface area contributed by atoms with Crippen LogP contribution in [0.25, 0.3) is 0 Å². The lowest BCUT2D eigenvalue weighted by Crippen LogP contribution is -2.24. The number of fused-ring (bicyclic) bond motifs is 2. The molecule has 1 aliphatic carbocycles. The summed E-state index contributed by atoms with van der Waals surface area (Å²) in [4.78, 5) is 26.5. The highest BCUT2D eigenvalue weighted by molar-refractivity contribution is 6.32. The first-order valence-electron chi connectivity index (χ1n) is 9.73. The van der Waals surface area contributed by atoms with E-state index in [-0.39, 0.29) is 47.0 Å². The molecule has 0 amide bonds. The van der Waals surface area contributed by atoms with Gasteiger partial charge in [-0.25, -0.2) is 0 Å². The predicted molar refractivity (Wildman–Crippen MR) is 107 cm³/mol. The molecule has 160 valence electrons. The molecule has 0 bridgehead atoms. The summed E-state index contributed by atoms with van der Waals surface area (Å²) >= 11 is 0. The Balaban J connectivity index is 2.06. The number of carbonyl (C=O) groups excluding carboxylic acids is 2. The van der Waals surface area contributed by atoms with Gasteiger partial charge in [0.1, 0.15) is 36.2 Å². The fourth-order valence-corrected chi connectivity index (χ4v) is 3.26. The second-order valence-corrected chi connectivity index (χ2v) is 6.41. The van der Waals surface area contributed by atoms with Crippen molar-refractivity contribution in [2.24, 2.45) is 0 Å². The summed E-state index contributed by atoms with van der Waals surface area (Å²) in [6.07, 6.45) is 0. The summed E-state index contributed by atoms with van der Waals surface area (Å²) in [5.74, 6) is -1.70. The van der Waals surface area contributed by atoms with E-state index >= 15 is 0 Å². The molecule has 2 N–H and O–H groups in total. The summed E-state index contributed by atoms with van der Waals surface area (Å²) in [7, 11) is 0. The molecule has 2 aromatic carbocycles. The first-order valence-corrected chi connectivity index (χ1v) is 9.73. The molecule has 0 radical (unpaired) electrons. The van der Waals surface area contributed by atoms with Gasteiger partial charge in [-0.3, -0.25) is 9.59 Å². The molecule has 0 atom stereocenters. The van der Waals surface area contributed by atoms with Gasteiger partial charge in [-0.2, -0.15) is 0 Å². The van der Waals surface area contributed by atoms with Crippen molar-refractivity contribution in [3.05, 3.63) is 46.5 Å². The van der Waals surface area contributed by atoms with E-state index in [2.05, 4.69) is 0 Å². The van der Waals surface area contributed by atoms with Crippen molar-refractivity contribution in [2.45, 2.75) is 13.8 Å². The first-order chi connectivity index (χ1) is 14.5. The van der Waals surface area contributed by atoms with Crippen LogP contribution in [0.15, 0.2) is 24.3 Å². The van der Waals surface area contributed by atoms with E-state index < -0.39 is 23.1 Å². The Kier molecular flexibility index (Phi) is 6.91. The van der Waals surface area contributed by atoms with Gasteiger partial charge in [0.2, 0.25) is 11.6 Å². The van der Waals surface area contributed by atoms with Crippen molar-refractivity contribution in [3.8, 4) is 23.0 Å². The quantitative estimate of drug-likeness (QED) is 0.383. The predicted octanol–water partition coefficient (Wildman–Crippen LogP) is 2.70. The number of rotatable bonds is 10. The van der Waals surface area contributed by atoms with E-state index in [1.54, 1.807) is 0 Å². The van der Waals surface area contributed by atoms with Crippen molar-refractivity contribution in [1.29, 1.82) is 0 Å². The lowest BCUT2D eigenvalue weighted by Gasteiger charge is -2.24. The van der Waals surface area contributed by atoms with E-state index in [9.17, 15) is 19.8 Å². The summed E-state index contributed by atoms with van der Waals surface area (Å²) in [5.41, 5.74) is -0.542. The minimum absolute atomic E-state index is 0.0150. The van der Waals surface area contributed by atoms with Crippen LogP contribution in [0.3, 0.4) is 0 Å². The van der Waals surface area contributed by atoms with Crippen LogP contribution >= 0.6 is 0 Å². The van der Waals surface area contributed by atoms with E-state index in [4.69, 9.17) is 18.9 Å². The zero-order valence-corrected chi connectivity index (χ0v) is 16.9. The Bertz CT molecular complexity index is 875. The van der Waals surface area contributed by atoms with Gasteiger partial charge in [0, 0.05) is 13.2 Å². The van der Waals surface area contributed by atoms with Crippen LogP contribution in [0.4, 0.5) is 0 Å². The molecule has 30 heavy (non-hydrogen) atoms. The molecule has 2 aromatic rings. The summed E-state index contributed by atoms with van der Waals surface area (Å²) < 4.78 is 21.9. The molecule has 0 fully saturated rings. The Labute approximate surface area is 173 Å². The number of phenolic OH excluding ortho intramolecular Hbond substituents is 2. The first kappa shape index (κ1) is 21.6. The molecule has 3 rings (SSSR count). The minimum Gasteiger partial charge on any atom is -0.507 e. The number of hydrogen-bond donors (Lipinski definition) is 2. The van der Waals surface area contributed by atoms with Crippen molar-refractivity contribution >= 4 is 11.6 Å². The fourth-order valence-electron chi connectivity index (χ4n) is 3.26. The monoisotopic (exact) mass is 416 g/mol. The van der Waals surface area contributed by atoms with Gasteiger partial charge in [-0.15, -0.1) is 0 Å². The van der Waals surface area contributed by atoms with Crippen molar-refractivity contribution in [2.75, 3.05) is 39.6 Å². The van der Waals surface area contributed by atoms with Crippen LogP contribution in [-0.4, -0.2) is 61.4 Å². The zero-order chi connectivity index (χ0) is 21.7. The highest BCUT2D eigenvalue weighted by atomic mass is 16.5. The van der Waals surface area contributed by atoms with E-state index in [1.807, 2.05) is 13.8 Å². The third-order valence-electron chi connectivity index (χ3n) is 4.58. The van der Waals surface area contributed by atoms with Crippen LogP contribution in [0.2, 0.25) is 0 Å². The Morgan fingerprint density at radius 3 is 1.40 bits per heavy atom. The number of carbonyl (C=O) groups is 2. The van der Waals surface area contributed by atoms with Gasteiger partial charge >= 0.3 is 0 Å². The van der Waals surface area contributed by atoms with Gasteiger partial charge < -0.3 is 29.2 Å².